The molecule has 2 rings (SSSR count). The van der Waals surface area contributed by atoms with Gasteiger partial charge in [-0.1, -0.05) is 13.8 Å². The number of pyridine rings is 1. The molecule has 4 heteroatoms. The molecule has 0 amide bonds. The summed E-state index contributed by atoms with van der Waals surface area (Å²) in [4.78, 5) is 4.43. The summed E-state index contributed by atoms with van der Waals surface area (Å²) in [6.07, 6.45) is 2.77. The molecule has 0 N–H and O–H groups in total. The molecular weight excluding hydrogens is 190 g/mol. The van der Waals surface area contributed by atoms with Crippen molar-refractivity contribution in [2.75, 3.05) is 7.11 Å². The molecule has 15 heavy (non-hydrogen) atoms. The molecule has 0 unspecified atom stereocenters. The molecule has 0 aliphatic rings. The van der Waals surface area contributed by atoms with Crippen LogP contribution in [-0.2, 0) is 6.42 Å². The van der Waals surface area contributed by atoms with Gasteiger partial charge in [-0.3, -0.25) is 0 Å². The normalized spacial score (nSPS) is 11.2. The van der Waals surface area contributed by atoms with E-state index in [0.29, 0.717) is 5.92 Å². The molecule has 0 atom stereocenters. The van der Waals surface area contributed by atoms with E-state index >= 15 is 0 Å². The van der Waals surface area contributed by atoms with Crippen LogP contribution >= 0.6 is 0 Å². The zero-order valence-electron chi connectivity index (χ0n) is 9.27. The Morgan fingerprint density at radius 1 is 1.47 bits per heavy atom. The Morgan fingerprint density at radius 2 is 2.27 bits per heavy atom. The van der Waals surface area contributed by atoms with Crippen molar-refractivity contribution in [1.82, 2.24) is 14.6 Å². The highest BCUT2D eigenvalue weighted by atomic mass is 16.5. The fourth-order valence-electron chi connectivity index (χ4n) is 1.49. The van der Waals surface area contributed by atoms with Gasteiger partial charge in [0.05, 0.1) is 7.11 Å². The maximum Gasteiger partial charge on any atom is 0.159 e. The Morgan fingerprint density at radius 3 is 2.93 bits per heavy atom. The average Bonchev–Trinajstić information content (AvgIpc) is 2.57. The molecule has 2 heterocycles. The minimum atomic E-state index is 0.573. The molecular formula is C11H15N3O. The highest BCUT2D eigenvalue weighted by Gasteiger charge is 2.06. The van der Waals surface area contributed by atoms with Crippen LogP contribution in [0.4, 0.5) is 0 Å². The van der Waals surface area contributed by atoms with Crippen molar-refractivity contribution < 1.29 is 4.74 Å². The number of fused-ring (bicyclic) bond motifs is 1. The Labute approximate surface area is 88.9 Å². The monoisotopic (exact) mass is 205 g/mol. The van der Waals surface area contributed by atoms with E-state index in [9.17, 15) is 0 Å². The van der Waals surface area contributed by atoms with Crippen LogP contribution in [0.1, 0.15) is 19.7 Å². The van der Waals surface area contributed by atoms with Crippen molar-refractivity contribution >= 4 is 5.65 Å². The van der Waals surface area contributed by atoms with Crippen molar-refractivity contribution in [1.29, 1.82) is 0 Å². The molecule has 0 bridgehead atoms. The predicted octanol–water partition coefficient (Wildman–Crippen LogP) is 1.94. The molecule has 0 aliphatic heterocycles. The highest BCUT2D eigenvalue weighted by Crippen LogP contribution is 2.13. The molecule has 2 aromatic heterocycles. The van der Waals surface area contributed by atoms with E-state index in [1.54, 1.807) is 11.6 Å². The van der Waals surface area contributed by atoms with E-state index in [-0.39, 0.29) is 0 Å². The fourth-order valence-corrected chi connectivity index (χ4v) is 1.49. The summed E-state index contributed by atoms with van der Waals surface area (Å²) in [6.45, 7) is 4.32. The third kappa shape index (κ3) is 2.09. The lowest BCUT2D eigenvalue weighted by Gasteiger charge is -1.97. The first kappa shape index (κ1) is 9.96. The van der Waals surface area contributed by atoms with Gasteiger partial charge in [0, 0.05) is 18.7 Å². The third-order valence-corrected chi connectivity index (χ3v) is 2.18. The van der Waals surface area contributed by atoms with Crippen LogP contribution in [0.5, 0.6) is 5.75 Å². The predicted molar refractivity (Wildman–Crippen MR) is 58.1 cm³/mol. The summed E-state index contributed by atoms with van der Waals surface area (Å²) in [7, 11) is 1.65. The van der Waals surface area contributed by atoms with Crippen LogP contribution in [0.2, 0.25) is 0 Å². The van der Waals surface area contributed by atoms with Gasteiger partial charge < -0.3 is 4.74 Å². The Hall–Kier alpha value is -1.58. The fraction of sp³-hybridized carbons (Fsp3) is 0.455. The topological polar surface area (TPSA) is 39.4 Å². The first-order chi connectivity index (χ1) is 7.19. The van der Waals surface area contributed by atoms with Gasteiger partial charge in [0.15, 0.2) is 11.5 Å². The second kappa shape index (κ2) is 3.88. The van der Waals surface area contributed by atoms with Crippen molar-refractivity contribution in [3.63, 3.8) is 0 Å². The lowest BCUT2D eigenvalue weighted by atomic mass is 10.1. The largest absolute Gasteiger partial charge is 0.497 e. The van der Waals surface area contributed by atoms with Crippen LogP contribution in [0, 0.1) is 5.92 Å². The number of ether oxygens (including phenoxy) is 1. The Balaban J connectivity index is 2.37. The number of hydrogen-bond donors (Lipinski definition) is 0. The first-order valence-electron chi connectivity index (χ1n) is 5.08. The minimum absolute atomic E-state index is 0.573. The zero-order chi connectivity index (χ0) is 10.8. The third-order valence-electron chi connectivity index (χ3n) is 2.18. The second-order valence-corrected chi connectivity index (χ2v) is 4.00. The maximum absolute atomic E-state index is 5.13. The van der Waals surface area contributed by atoms with Crippen molar-refractivity contribution in [3.05, 3.63) is 24.2 Å². The van der Waals surface area contributed by atoms with E-state index in [4.69, 9.17) is 4.74 Å². The number of methoxy groups -OCH3 is 1. The van der Waals surface area contributed by atoms with Crippen LogP contribution in [-0.4, -0.2) is 21.7 Å². The lowest BCUT2D eigenvalue weighted by Crippen LogP contribution is -1.96. The zero-order valence-corrected chi connectivity index (χ0v) is 9.27. The highest BCUT2D eigenvalue weighted by molar-refractivity contribution is 5.43. The first-order valence-corrected chi connectivity index (χ1v) is 5.08. The maximum atomic E-state index is 5.13. The summed E-state index contributed by atoms with van der Waals surface area (Å²) in [5, 5.41) is 4.38. The average molecular weight is 205 g/mol. The van der Waals surface area contributed by atoms with E-state index in [0.717, 1.165) is 23.6 Å². The molecule has 4 nitrogen and oxygen atoms in total. The van der Waals surface area contributed by atoms with Gasteiger partial charge in [0.2, 0.25) is 0 Å². The summed E-state index contributed by atoms with van der Waals surface area (Å²) in [6, 6.07) is 3.76. The number of aromatic nitrogens is 3. The van der Waals surface area contributed by atoms with Gasteiger partial charge in [-0.25, -0.2) is 9.50 Å². The van der Waals surface area contributed by atoms with Crippen LogP contribution in [0.15, 0.2) is 18.3 Å². The van der Waals surface area contributed by atoms with Gasteiger partial charge in [-0.2, -0.15) is 5.10 Å². The van der Waals surface area contributed by atoms with E-state index in [1.807, 2.05) is 18.3 Å². The molecule has 80 valence electrons. The molecule has 0 fully saturated rings. The van der Waals surface area contributed by atoms with Crippen LogP contribution in [0.25, 0.3) is 5.65 Å². The molecule has 0 aromatic carbocycles. The van der Waals surface area contributed by atoms with E-state index < -0.39 is 0 Å². The van der Waals surface area contributed by atoms with Gasteiger partial charge >= 0.3 is 0 Å². The lowest BCUT2D eigenvalue weighted by molar-refractivity contribution is 0.414. The summed E-state index contributed by atoms with van der Waals surface area (Å²) in [5.41, 5.74) is 0.838. The van der Waals surface area contributed by atoms with E-state index in [2.05, 4.69) is 23.9 Å². The summed E-state index contributed by atoms with van der Waals surface area (Å²) in [5.74, 6) is 2.27. The molecule has 0 spiro atoms. The van der Waals surface area contributed by atoms with Crippen LogP contribution < -0.4 is 4.74 Å². The van der Waals surface area contributed by atoms with Crippen LogP contribution in [0.3, 0.4) is 0 Å². The summed E-state index contributed by atoms with van der Waals surface area (Å²) < 4.78 is 6.91. The molecule has 0 saturated carbocycles. The van der Waals surface area contributed by atoms with Crippen molar-refractivity contribution in [2.24, 2.45) is 5.92 Å². The minimum Gasteiger partial charge on any atom is -0.497 e. The summed E-state index contributed by atoms with van der Waals surface area (Å²) >= 11 is 0. The molecule has 2 aromatic rings. The van der Waals surface area contributed by atoms with Gasteiger partial charge in [-0.05, 0) is 12.0 Å². The molecule has 0 saturated heterocycles. The Bertz CT molecular complexity index is 462. The SMILES string of the molecule is COc1ccn2nc(CC(C)C)nc2c1. The quantitative estimate of drug-likeness (QED) is 0.768. The number of rotatable bonds is 3. The van der Waals surface area contributed by atoms with Gasteiger partial charge in [-0.15, -0.1) is 0 Å². The number of nitrogens with zero attached hydrogens (tertiary/aromatic N) is 3. The molecule has 0 radical (unpaired) electrons. The van der Waals surface area contributed by atoms with Crippen molar-refractivity contribution in [2.45, 2.75) is 20.3 Å². The number of hydrogen-bond acceptors (Lipinski definition) is 3. The smallest absolute Gasteiger partial charge is 0.159 e. The van der Waals surface area contributed by atoms with Gasteiger partial charge in [0.1, 0.15) is 5.75 Å². The molecule has 0 aliphatic carbocycles. The standard InChI is InChI=1S/C11H15N3O/c1-8(2)6-10-12-11-7-9(15-3)4-5-14(11)13-10/h4-5,7-8H,6H2,1-3H3. The second-order valence-electron chi connectivity index (χ2n) is 4.00. The van der Waals surface area contributed by atoms with Crippen molar-refractivity contribution in [3.8, 4) is 5.75 Å². The van der Waals surface area contributed by atoms with E-state index in [1.165, 1.54) is 0 Å². The van der Waals surface area contributed by atoms with Gasteiger partial charge in [0.25, 0.3) is 0 Å². The Kier molecular flexibility index (Phi) is 2.58.